The number of hydrogen-bond donors (Lipinski definition) is 2. The van der Waals surface area contributed by atoms with Crippen molar-refractivity contribution >= 4 is 17.3 Å². The first-order valence-electron chi connectivity index (χ1n) is 5.97. The van der Waals surface area contributed by atoms with Gasteiger partial charge in [-0.3, -0.25) is 4.79 Å². The van der Waals surface area contributed by atoms with Crippen molar-refractivity contribution in [3.05, 3.63) is 23.8 Å². The number of nitrogen functional groups attached to an aromatic ring is 1. The third-order valence-electron chi connectivity index (χ3n) is 3.27. The van der Waals surface area contributed by atoms with Crippen molar-refractivity contribution in [3.63, 3.8) is 0 Å². The van der Waals surface area contributed by atoms with Gasteiger partial charge in [-0.15, -0.1) is 0 Å². The third kappa shape index (κ3) is 2.70. The Morgan fingerprint density at radius 2 is 2.18 bits per heavy atom. The highest BCUT2D eigenvalue weighted by atomic mass is 16.1. The minimum absolute atomic E-state index is 0.0366. The predicted molar refractivity (Wildman–Crippen MR) is 69.7 cm³/mol. The molecule has 1 amide bonds. The van der Waals surface area contributed by atoms with Crippen LogP contribution in [0, 0.1) is 12.8 Å². The summed E-state index contributed by atoms with van der Waals surface area (Å²) in [5.74, 6) is -0.235. The van der Waals surface area contributed by atoms with Crippen LogP contribution in [0.5, 0.6) is 0 Å². The number of benzene rings is 1. The summed E-state index contributed by atoms with van der Waals surface area (Å²) in [6.45, 7) is 3.69. The molecule has 1 aliphatic heterocycles. The Morgan fingerprint density at radius 3 is 2.82 bits per heavy atom. The van der Waals surface area contributed by atoms with Gasteiger partial charge < -0.3 is 16.4 Å². The zero-order chi connectivity index (χ0) is 12.4. The largest absolute Gasteiger partial charge is 0.399 e. The van der Waals surface area contributed by atoms with Crippen molar-refractivity contribution in [2.45, 2.75) is 19.8 Å². The van der Waals surface area contributed by atoms with Gasteiger partial charge in [-0.1, -0.05) is 0 Å². The summed E-state index contributed by atoms with van der Waals surface area (Å²) in [6, 6.07) is 6.00. The molecule has 1 fully saturated rings. The Bertz CT molecular complexity index is 410. The third-order valence-corrected chi connectivity index (χ3v) is 3.27. The molecule has 17 heavy (non-hydrogen) atoms. The van der Waals surface area contributed by atoms with E-state index in [1.165, 1.54) is 0 Å². The molecule has 1 aliphatic rings. The number of hydrogen-bond acceptors (Lipinski definition) is 3. The topological polar surface area (TPSA) is 72.3 Å². The van der Waals surface area contributed by atoms with Gasteiger partial charge >= 0.3 is 0 Å². The molecular formula is C13H19N3O. The van der Waals surface area contributed by atoms with E-state index >= 15 is 0 Å². The smallest absolute Gasteiger partial charge is 0.222 e. The molecule has 92 valence electrons. The van der Waals surface area contributed by atoms with Crippen LogP contribution in [0.4, 0.5) is 11.4 Å². The van der Waals surface area contributed by atoms with Crippen molar-refractivity contribution in [3.8, 4) is 0 Å². The Hall–Kier alpha value is -1.71. The maximum atomic E-state index is 11.2. The van der Waals surface area contributed by atoms with Crippen LogP contribution >= 0.6 is 0 Å². The lowest BCUT2D eigenvalue weighted by atomic mass is 9.97. The number of rotatable bonds is 2. The van der Waals surface area contributed by atoms with Gasteiger partial charge in [-0.2, -0.15) is 0 Å². The fourth-order valence-electron chi connectivity index (χ4n) is 2.42. The molecule has 4 heteroatoms. The van der Waals surface area contributed by atoms with Gasteiger partial charge in [0.2, 0.25) is 5.91 Å². The van der Waals surface area contributed by atoms with Gasteiger partial charge in [0.15, 0.2) is 0 Å². The highest BCUT2D eigenvalue weighted by molar-refractivity contribution is 5.77. The van der Waals surface area contributed by atoms with Gasteiger partial charge in [-0.25, -0.2) is 0 Å². The highest BCUT2D eigenvalue weighted by Gasteiger charge is 2.24. The summed E-state index contributed by atoms with van der Waals surface area (Å²) in [5.41, 5.74) is 14.2. The molecule has 1 atom stereocenters. The van der Waals surface area contributed by atoms with E-state index in [1.54, 1.807) is 0 Å². The lowest BCUT2D eigenvalue weighted by molar-refractivity contribution is -0.122. The van der Waals surface area contributed by atoms with Crippen LogP contribution in [0.25, 0.3) is 0 Å². The first-order chi connectivity index (χ1) is 8.06. The lowest BCUT2D eigenvalue weighted by Gasteiger charge is -2.33. The second-order valence-corrected chi connectivity index (χ2v) is 4.79. The molecule has 4 N–H and O–H groups in total. The molecule has 0 saturated carbocycles. The van der Waals surface area contributed by atoms with Crippen LogP contribution in [0.15, 0.2) is 18.2 Å². The Labute approximate surface area is 102 Å². The van der Waals surface area contributed by atoms with E-state index in [0.717, 1.165) is 36.3 Å². The summed E-state index contributed by atoms with van der Waals surface area (Å²) in [6.07, 6.45) is 1.90. The van der Waals surface area contributed by atoms with Crippen LogP contribution in [-0.4, -0.2) is 19.0 Å². The zero-order valence-corrected chi connectivity index (χ0v) is 10.1. The maximum absolute atomic E-state index is 11.2. The number of carbonyl (C=O) groups is 1. The molecule has 2 rings (SSSR count). The van der Waals surface area contributed by atoms with Crippen LogP contribution in [0.3, 0.4) is 0 Å². The first-order valence-corrected chi connectivity index (χ1v) is 5.97. The molecule has 4 nitrogen and oxygen atoms in total. The van der Waals surface area contributed by atoms with E-state index in [4.69, 9.17) is 11.5 Å². The quantitative estimate of drug-likeness (QED) is 0.756. The molecule has 1 aromatic rings. The Balaban J connectivity index is 2.18. The monoisotopic (exact) mass is 233 g/mol. The van der Waals surface area contributed by atoms with Crippen molar-refractivity contribution in [2.75, 3.05) is 23.7 Å². The van der Waals surface area contributed by atoms with E-state index in [1.807, 2.05) is 19.1 Å². The lowest BCUT2D eigenvalue weighted by Crippen LogP contribution is -2.41. The number of aryl methyl sites for hydroxylation is 1. The van der Waals surface area contributed by atoms with Crippen LogP contribution in [0.1, 0.15) is 18.4 Å². The van der Waals surface area contributed by atoms with E-state index < -0.39 is 0 Å². The van der Waals surface area contributed by atoms with Crippen LogP contribution in [-0.2, 0) is 4.79 Å². The predicted octanol–water partition coefficient (Wildman–Crippen LogP) is 1.28. The molecule has 0 aliphatic carbocycles. The molecule has 0 spiro atoms. The van der Waals surface area contributed by atoms with Crippen LogP contribution in [0.2, 0.25) is 0 Å². The SMILES string of the molecule is Cc1cc(N)cc(N2CCCC(C(N)=O)C2)c1. The second kappa shape index (κ2) is 4.65. The normalized spacial score (nSPS) is 20.3. The van der Waals surface area contributed by atoms with Gasteiger partial charge in [0, 0.05) is 24.5 Å². The van der Waals surface area contributed by atoms with E-state index in [2.05, 4.69) is 11.0 Å². The molecule has 1 aromatic carbocycles. The molecule has 1 saturated heterocycles. The number of nitrogens with two attached hydrogens (primary N) is 2. The molecule has 0 radical (unpaired) electrons. The minimum atomic E-state index is -0.199. The maximum Gasteiger partial charge on any atom is 0.222 e. The fraction of sp³-hybridized carbons (Fsp3) is 0.462. The molecule has 1 unspecified atom stereocenters. The van der Waals surface area contributed by atoms with Gasteiger partial charge in [-0.05, 0) is 43.5 Å². The zero-order valence-electron chi connectivity index (χ0n) is 10.1. The van der Waals surface area contributed by atoms with E-state index in [0.29, 0.717) is 6.54 Å². The number of carbonyl (C=O) groups excluding carboxylic acids is 1. The van der Waals surface area contributed by atoms with Gasteiger partial charge in [0.05, 0.1) is 5.92 Å². The van der Waals surface area contributed by atoms with Crippen molar-refractivity contribution < 1.29 is 4.79 Å². The molecule has 1 heterocycles. The van der Waals surface area contributed by atoms with Crippen LogP contribution < -0.4 is 16.4 Å². The second-order valence-electron chi connectivity index (χ2n) is 4.79. The minimum Gasteiger partial charge on any atom is -0.399 e. The molecule has 0 bridgehead atoms. The average molecular weight is 233 g/mol. The Morgan fingerprint density at radius 1 is 1.41 bits per heavy atom. The highest BCUT2D eigenvalue weighted by Crippen LogP contribution is 2.25. The number of anilines is 2. The van der Waals surface area contributed by atoms with Crippen molar-refractivity contribution in [2.24, 2.45) is 11.7 Å². The van der Waals surface area contributed by atoms with E-state index in [9.17, 15) is 4.79 Å². The summed E-state index contributed by atoms with van der Waals surface area (Å²) in [5, 5.41) is 0. The van der Waals surface area contributed by atoms with Crippen molar-refractivity contribution in [1.29, 1.82) is 0 Å². The summed E-state index contributed by atoms with van der Waals surface area (Å²) in [7, 11) is 0. The fourth-order valence-corrected chi connectivity index (χ4v) is 2.42. The summed E-state index contributed by atoms with van der Waals surface area (Å²) >= 11 is 0. The molecule has 0 aromatic heterocycles. The summed E-state index contributed by atoms with van der Waals surface area (Å²) in [4.78, 5) is 13.4. The van der Waals surface area contributed by atoms with Crippen molar-refractivity contribution in [1.82, 2.24) is 0 Å². The Kier molecular flexibility index (Phi) is 3.22. The number of nitrogens with zero attached hydrogens (tertiary/aromatic N) is 1. The average Bonchev–Trinajstić information content (AvgIpc) is 2.28. The van der Waals surface area contributed by atoms with Gasteiger partial charge in [0.25, 0.3) is 0 Å². The van der Waals surface area contributed by atoms with E-state index in [-0.39, 0.29) is 11.8 Å². The number of piperidine rings is 1. The molecular weight excluding hydrogens is 214 g/mol. The first kappa shape index (κ1) is 11.8. The standard InChI is InChI=1S/C13H19N3O/c1-9-5-11(14)7-12(6-9)16-4-2-3-10(8-16)13(15)17/h5-7,10H,2-4,8,14H2,1H3,(H2,15,17). The number of primary amides is 1. The summed E-state index contributed by atoms with van der Waals surface area (Å²) < 4.78 is 0. The number of amides is 1. The van der Waals surface area contributed by atoms with Gasteiger partial charge in [0.1, 0.15) is 0 Å².